The first kappa shape index (κ1) is 16.9. The fraction of sp³-hybridized carbons (Fsp3) is 0.333. The number of anilines is 1. The molecule has 2 heterocycles. The quantitative estimate of drug-likeness (QED) is 0.720. The molecule has 1 amide bonds. The summed E-state index contributed by atoms with van der Waals surface area (Å²) in [5.41, 5.74) is 2.41. The van der Waals surface area contributed by atoms with Gasteiger partial charge in [0, 0.05) is 7.05 Å². The van der Waals surface area contributed by atoms with Crippen molar-refractivity contribution in [3.8, 4) is 0 Å². The van der Waals surface area contributed by atoms with Crippen molar-refractivity contribution < 1.29 is 4.79 Å². The molecule has 0 radical (unpaired) electrons. The van der Waals surface area contributed by atoms with Gasteiger partial charge in [0.05, 0.1) is 18.9 Å². The van der Waals surface area contributed by atoms with Gasteiger partial charge in [-0.3, -0.25) is 4.79 Å². The molecular weight excluding hydrogens is 316 g/mol. The Morgan fingerprint density at radius 1 is 1.20 bits per heavy atom. The molecule has 0 spiro atoms. The van der Waals surface area contributed by atoms with Crippen molar-refractivity contribution in [1.82, 2.24) is 25.3 Å². The molecule has 0 fully saturated rings. The number of rotatable bonds is 6. The van der Waals surface area contributed by atoms with E-state index in [1.54, 1.807) is 11.2 Å². The molecule has 3 rings (SSSR count). The zero-order chi connectivity index (χ0) is 17.8. The second-order valence-corrected chi connectivity index (χ2v) is 6.35. The van der Waals surface area contributed by atoms with Crippen molar-refractivity contribution in [3.05, 3.63) is 48.5 Å². The van der Waals surface area contributed by atoms with Gasteiger partial charge in [0.2, 0.25) is 5.91 Å². The molecule has 25 heavy (non-hydrogen) atoms. The van der Waals surface area contributed by atoms with Crippen LogP contribution in [0.1, 0.15) is 25.5 Å². The Bertz CT molecular complexity index is 845. The third-order valence-corrected chi connectivity index (χ3v) is 4.09. The minimum absolute atomic E-state index is 0.0281. The maximum atomic E-state index is 12.6. The molecule has 1 atom stereocenters. The van der Waals surface area contributed by atoms with E-state index in [9.17, 15) is 4.79 Å². The average molecular weight is 338 g/mol. The number of hydrogen-bond acceptors (Lipinski definition) is 5. The van der Waals surface area contributed by atoms with E-state index in [1.807, 2.05) is 37.4 Å². The van der Waals surface area contributed by atoms with Crippen LogP contribution in [0.3, 0.4) is 0 Å². The van der Waals surface area contributed by atoms with Gasteiger partial charge in [-0.2, -0.15) is 0 Å². The molecule has 0 saturated heterocycles. The number of H-pyrrole nitrogens is 1. The van der Waals surface area contributed by atoms with Crippen LogP contribution in [0.25, 0.3) is 11.2 Å². The lowest BCUT2D eigenvalue weighted by Crippen LogP contribution is -2.39. The van der Waals surface area contributed by atoms with E-state index in [1.165, 1.54) is 6.33 Å². The Balaban J connectivity index is 1.72. The summed E-state index contributed by atoms with van der Waals surface area (Å²) in [5.74, 6) is 0.879. The smallest absolute Gasteiger partial charge is 0.240 e. The molecule has 0 aliphatic heterocycles. The molecule has 0 aliphatic rings. The maximum Gasteiger partial charge on any atom is 0.240 e. The van der Waals surface area contributed by atoms with Gasteiger partial charge in [0.15, 0.2) is 11.5 Å². The van der Waals surface area contributed by atoms with Crippen molar-refractivity contribution in [2.24, 2.45) is 5.92 Å². The lowest BCUT2D eigenvalue weighted by atomic mass is 9.96. The molecule has 0 bridgehead atoms. The topological polar surface area (TPSA) is 86.8 Å². The summed E-state index contributed by atoms with van der Waals surface area (Å²) in [5, 5.41) is 3.13. The van der Waals surface area contributed by atoms with Crippen LogP contribution in [0.15, 0.2) is 43.0 Å². The van der Waals surface area contributed by atoms with Crippen molar-refractivity contribution in [1.29, 1.82) is 0 Å². The van der Waals surface area contributed by atoms with E-state index in [2.05, 4.69) is 39.1 Å². The summed E-state index contributed by atoms with van der Waals surface area (Å²) in [6.07, 6.45) is 3.02. The number of benzene rings is 1. The maximum absolute atomic E-state index is 12.6. The molecule has 7 nitrogen and oxygen atoms in total. The number of hydrogen-bond donors (Lipinski definition) is 2. The molecule has 0 aliphatic carbocycles. The third kappa shape index (κ3) is 3.76. The van der Waals surface area contributed by atoms with Gasteiger partial charge in [-0.25, -0.2) is 15.0 Å². The first-order chi connectivity index (χ1) is 12.1. The lowest BCUT2D eigenvalue weighted by molar-refractivity contribution is -0.120. The summed E-state index contributed by atoms with van der Waals surface area (Å²) in [6.45, 7) is 4.39. The number of nitrogens with zero attached hydrogens (tertiary/aromatic N) is 4. The van der Waals surface area contributed by atoms with Gasteiger partial charge in [0.25, 0.3) is 0 Å². The number of aromatic amines is 1. The van der Waals surface area contributed by atoms with Crippen LogP contribution >= 0.6 is 0 Å². The Kier molecular flexibility index (Phi) is 4.92. The number of amides is 1. The van der Waals surface area contributed by atoms with Crippen LogP contribution in [0, 0.1) is 5.92 Å². The van der Waals surface area contributed by atoms with Crippen molar-refractivity contribution in [3.63, 3.8) is 0 Å². The van der Waals surface area contributed by atoms with Gasteiger partial charge in [-0.1, -0.05) is 44.2 Å². The second kappa shape index (κ2) is 7.29. The summed E-state index contributed by atoms with van der Waals surface area (Å²) in [7, 11) is 1.83. The normalized spacial score (nSPS) is 12.3. The first-order valence-electron chi connectivity index (χ1n) is 8.25. The number of carbonyl (C=O) groups is 1. The van der Waals surface area contributed by atoms with Crippen LogP contribution in [-0.4, -0.2) is 39.4 Å². The summed E-state index contributed by atoms with van der Waals surface area (Å²) in [6, 6.07) is 9.99. The van der Waals surface area contributed by atoms with E-state index in [4.69, 9.17) is 0 Å². The Morgan fingerprint density at radius 2 is 1.96 bits per heavy atom. The summed E-state index contributed by atoms with van der Waals surface area (Å²) in [4.78, 5) is 29.9. The summed E-state index contributed by atoms with van der Waals surface area (Å²) >= 11 is 0. The zero-order valence-electron chi connectivity index (χ0n) is 14.6. The van der Waals surface area contributed by atoms with Crippen molar-refractivity contribution in [2.45, 2.75) is 19.9 Å². The van der Waals surface area contributed by atoms with Gasteiger partial charge >= 0.3 is 0 Å². The second-order valence-electron chi connectivity index (χ2n) is 6.35. The largest absolute Gasteiger partial charge is 0.348 e. The molecule has 130 valence electrons. The lowest BCUT2D eigenvalue weighted by Gasteiger charge is -2.25. The zero-order valence-corrected chi connectivity index (χ0v) is 14.6. The highest BCUT2D eigenvalue weighted by Crippen LogP contribution is 2.22. The highest BCUT2D eigenvalue weighted by molar-refractivity contribution is 5.87. The molecule has 1 unspecified atom stereocenters. The number of fused-ring (bicyclic) bond motifs is 1. The van der Waals surface area contributed by atoms with Crippen LogP contribution in [0.5, 0.6) is 0 Å². The van der Waals surface area contributed by atoms with Crippen molar-refractivity contribution >= 4 is 22.9 Å². The predicted octanol–water partition coefficient (Wildman–Crippen LogP) is 2.30. The minimum atomic E-state index is -0.0590. The Labute approximate surface area is 146 Å². The SMILES string of the molecule is CC(C)C(NC(=O)CN(C)c1ncnc2nc[nH]c12)c1ccccc1. The highest BCUT2D eigenvalue weighted by atomic mass is 16.2. The number of nitrogens with one attached hydrogen (secondary N) is 2. The molecule has 1 aromatic carbocycles. The molecule has 0 saturated carbocycles. The molecular formula is C18H22N6O. The van der Waals surface area contributed by atoms with E-state index < -0.39 is 0 Å². The fourth-order valence-corrected chi connectivity index (χ4v) is 2.85. The highest BCUT2D eigenvalue weighted by Gasteiger charge is 2.20. The van der Waals surface area contributed by atoms with Crippen LogP contribution in [0.4, 0.5) is 5.82 Å². The Morgan fingerprint density at radius 3 is 2.68 bits per heavy atom. The van der Waals surface area contributed by atoms with Crippen molar-refractivity contribution in [2.75, 3.05) is 18.5 Å². The fourth-order valence-electron chi connectivity index (χ4n) is 2.85. The van der Waals surface area contributed by atoms with Gasteiger partial charge < -0.3 is 15.2 Å². The summed E-state index contributed by atoms with van der Waals surface area (Å²) < 4.78 is 0. The van der Waals surface area contributed by atoms with Crippen LogP contribution in [-0.2, 0) is 4.79 Å². The van der Waals surface area contributed by atoms with Crippen LogP contribution in [0.2, 0.25) is 0 Å². The standard InChI is InChI=1S/C18H22N6O/c1-12(2)15(13-7-5-4-6-8-13)23-14(25)9-24(3)18-16-17(20-10-19-16)21-11-22-18/h4-8,10-12,15H,9H2,1-3H3,(H,23,25)(H,19,20,21,22). The minimum Gasteiger partial charge on any atom is -0.348 e. The Hall–Kier alpha value is -2.96. The van der Waals surface area contributed by atoms with E-state index in [0.29, 0.717) is 11.5 Å². The van der Waals surface area contributed by atoms with Gasteiger partial charge in [-0.05, 0) is 11.5 Å². The molecule has 2 aromatic heterocycles. The average Bonchev–Trinajstić information content (AvgIpc) is 3.08. The number of likely N-dealkylation sites (N-methyl/N-ethyl adjacent to an activating group) is 1. The molecule has 2 N–H and O–H groups in total. The van der Waals surface area contributed by atoms with Gasteiger partial charge in [-0.15, -0.1) is 0 Å². The van der Waals surface area contributed by atoms with Gasteiger partial charge in [0.1, 0.15) is 11.8 Å². The molecule has 7 heteroatoms. The first-order valence-corrected chi connectivity index (χ1v) is 8.25. The van der Waals surface area contributed by atoms with E-state index in [0.717, 1.165) is 11.1 Å². The predicted molar refractivity (Wildman–Crippen MR) is 97.1 cm³/mol. The molecule has 3 aromatic rings. The number of imidazole rings is 1. The monoisotopic (exact) mass is 338 g/mol. The number of aromatic nitrogens is 4. The van der Waals surface area contributed by atoms with E-state index >= 15 is 0 Å². The number of carbonyl (C=O) groups excluding carboxylic acids is 1. The van der Waals surface area contributed by atoms with Crippen LogP contribution < -0.4 is 10.2 Å². The third-order valence-electron chi connectivity index (χ3n) is 4.09. The van der Waals surface area contributed by atoms with E-state index in [-0.39, 0.29) is 24.4 Å².